The van der Waals surface area contributed by atoms with Gasteiger partial charge in [-0.05, 0) is 31.8 Å². The van der Waals surface area contributed by atoms with Crippen molar-refractivity contribution in [3.63, 3.8) is 0 Å². The van der Waals surface area contributed by atoms with E-state index in [9.17, 15) is 15.0 Å². The average molecular weight is 264 g/mol. The van der Waals surface area contributed by atoms with Crippen molar-refractivity contribution in [2.45, 2.75) is 51.4 Å². The van der Waals surface area contributed by atoms with E-state index < -0.39 is 23.6 Å². The molecule has 4 nitrogen and oxygen atoms in total. The summed E-state index contributed by atoms with van der Waals surface area (Å²) < 4.78 is 5.31. The Morgan fingerprint density at radius 2 is 2.11 bits per heavy atom. The maximum Gasteiger partial charge on any atom is 0.334 e. The van der Waals surface area contributed by atoms with Gasteiger partial charge >= 0.3 is 5.97 Å². The Balaban J connectivity index is 2.09. The van der Waals surface area contributed by atoms with Crippen LogP contribution in [0.25, 0.3) is 0 Å². The number of hydrogen-bond acceptors (Lipinski definition) is 4. The number of allylic oxidation sites excluding steroid dienone is 1. The third kappa shape index (κ3) is 1.56. The van der Waals surface area contributed by atoms with Crippen molar-refractivity contribution in [3.8, 4) is 0 Å². The molecule has 3 rings (SSSR count). The molecule has 1 heterocycles. The van der Waals surface area contributed by atoms with Crippen LogP contribution in [0.3, 0.4) is 0 Å². The van der Waals surface area contributed by atoms with Gasteiger partial charge in [-0.2, -0.15) is 0 Å². The standard InChI is InChI=1S/C15H20O4/c1-7-4-5-10(16)15(3)6-9-11(13(17)12(7)15)8(2)14(18)19-9/h9-11,13,16-17H,2,4-6H2,1,3H3. The maximum absolute atomic E-state index is 11.6. The van der Waals surface area contributed by atoms with Crippen LogP contribution < -0.4 is 0 Å². The number of hydrogen-bond donors (Lipinski definition) is 2. The minimum atomic E-state index is -0.766. The number of ether oxygens (including phenoxy) is 1. The molecule has 0 amide bonds. The average Bonchev–Trinajstić information content (AvgIpc) is 2.60. The first-order chi connectivity index (χ1) is 8.86. The minimum absolute atomic E-state index is 0.351. The highest BCUT2D eigenvalue weighted by molar-refractivity contribution is 5.91. The Hall–Kier alpha value is -1.13. The van der Waals surface area contributed by atoms with Gasteiger partial charge in [0.1, 0.15) is 6.10 Å². The second kappa shape index (κ2) is 3.93. The zero-order valence-electron chi connectivity index (χ0n) is 11.3. The normalized spacial score (nSPS) is 45.9. The largest absolute Gasteiger partial charge is 0.458 e. The Bertz CT molecular complexity index is 492. The van der Waals surface area contributed by atoms with E-state index in [0.29, 0.717) is 18.4 Å². The molecule has 3 aliphatic rings. The van der Waals surface area contributed by atoms with Crippen LogP contribution in [0.1, 0.15) is 33.1 Å². The summed E-state index contributed by atoms with van der Waals surface area (Å²) in [7, 11) is 0. The first kappa shape index (κ1) is 12.9. The number of fused-ring (bicyclic) bond motifs is 2. The fourth-order valence-corrected chi connectivity index (χ4v) is 4.12. The van der Waals surface area contributed by atoms with Crippen LogP contribution in [0, 0.1) is 11.3 Å². The summed E-state index contributed by atoms with van der Waals surface area (Å²) in [6, 6.07) is 0. The second-order valence-corrected chi connectivity index (χ2v) is 6.31. The zero-order valence-corrected chi connectivity index (χ0v) is 11.3. The summed E-state index contributed by atoms with van der Waals surface area (Å²) in [4.78, 5) is 11.6. The molecule has 1 aliphatic heterocycles. The third-order valence-corrected chi connectivity index (χ3v) is 5.19. The van der Waals surface area contributed by atoms with E-state index in [1.54, 1.807) is 0 Å². The van der Waals surface area contributed by atoms with E-state index >= 15 is 0 Å². The maximum atomic E-state index is 11.6. The smallest absolute Gasteiger partial charge is 0.334 e. The van der Waals surface area contributed by atoms with Gasteiger partial charge in [-0.15, -0.1) is 0 Å². The molecule has 19 heavy (non-hydrogen) atoms. The molecule has 0 bridgehead atoms. The Morgan fingerprint density at radius 1 is 1.42 bits per heavy atom. The van der Waals surface area contributed by atoms with Gasteiger partial charge in [-0.1, -0.05) is 19.1 Å². The fourth-order valence-electron chi connectivity index (χ4n) is 4.12. The number of carbonyl (C=O) groups is 1. The van der Waals surface area contributed by atoms with E-state index in [0.717, 1.165) is 17.6 Å². The molecular formula is C15H20O4. The van der Waals surface area contributed by atoms with Crippen LogP contribution in [0.4, 0.5) is 0 Å². The predicted octanol–water partition coefficient (Wildman–Crippen LogP) is 1.33. The van der Waals surface area contributed by atoms with Gasteiger partial charge < -0.3 is 14.9 Å². The first-order valence-electron chi connectivity index (χ1n) is 6.82. The Labute approximate surface area is 112 Å². The van der Waals surface area contributed by atoms with Crippen molar-refractivity contribution in [1.82, 2.24) is 0 Å². The molecule has 2 aliphatic carbocycles. The lowest BCUT2D eigenvalue weighted by Crippen LogP contribution is -2.52. The molecule has 0 aromatic rings. The van der Waals surface area contributed by atoms with E-state index in [1.165, 1.54) is 0 Å². The highest BCUT2D eigenvalue weighted by Crippen LogP contribution is 2.54. The molecule has 104 valence electrons. The van der Waals surface area contributed by atoms with Crippen molar-refractivity contribution in [1.29, 1.82) is 0 Å². The van der Waals surface area contributed by atoms with Crippen molar-refractivity contribution >= 4 is 5.97 Å². The van der Waals surface area contributed by atoms with E-state index in [1.807, 2.05) is 13.8 Å². The highest BCUT2D eigenvalue weighted by atomic mass is 16.6. The highest BCUT2D eigenvalue weighted by Gasteiger charge is 2.57. The summed E-state index contributed by atoms with van der Waals surface area (Å²) in [6.45, 7) is 7.72. The van der Waals surface area contributed by atoms with Crippen LogP contribution in [0.2, 0.25) is 0 Å². The molecule has 0 aromatic heterocycles. The molecule has 5 unspecified atom stereocenters. The molecule has 5 atom stereocenters. The number of rotatable bonds is 0. The lowest BCUT2D eigenvalue weighted by atomic mass is 9.58. The molecule has 1 saturated heterocycles. The van der Waals surface area contributed by atoms with Gasteiger partial charge in [-0.25, -0.2) is 4.79 Å². The number of aliphatic hydroxyl groups is 2. The van der Waals surface area contributed by atoms with Crippen LogP contribution in [-0.4, -0.2) is 34.5 Å². The van der Waals surface area contributed by atoms with E-state index in [2.05, 4.69) is 6.58 Å². The third-order valence-electron chi connectivity index (χ3n) is 5.19. The molecule has 0 radical (unpaired) electrons. The molecule has 2 N–H and O–H groups in total. The van der Waals surface area contributed by atoms with Crippen LogP contribution in [0.15, 0.2) is 23.3 Å². The quantitative estimate of drug-likeness (QED) is 0.393. The summed E-state index contributed by atoms with van der Waals surface area (Å²) in [5.74, 6) is -0.764. The molecule has 4 heteroatoms. The monoisotopic (exact) mass is 264 g/mol. The van der Waals surface area contributed by atoms with Crippen molar-refractivity contribution in [2.75, 3.05) is 0 Å². The number of esters is 1. The first-order valence-corrected chi connectivity index (χ1v) is 6.82. The van der Waals surface area contributed by atoms with E-state index in [4.69, 9.17) is 4.74 Å². The Morgan fingerprint density at radius 3 is 2.79 bits per heavy atom. The van der Waals surface area contributed by atoms with Crippen molar-refractivity contribution in [2.24, 2.45) is 11.3 Å². The van der Waals surface area contributed by atoms with Gasteiger partial charge in [0.2, 0.25) is 0 Å². The fraction of sp³-hybridized carbons (Fsp3) is 0.667. The van der Waals surface area contributed by atoms with Crippen LogP contribution in [0.5, 0.6) is 0 Å². The summed E-state index contributed by atoms with van der Waals surface area (Å²) in [6.07, 6.45) is 0.441. The Kier molecular flexibility index (Phi) is 2.67. The summed E-state index contributed by atoms with van der Waals surface area (Å²) >= 11 is 0. The second-order valence-electron chi connectivity index (χ2n) is 6.31. The molecule has 2 fully saturated rings. The zero-order chi connectivity index (χ0) is 13.9. The number of aliphatic hydroxyl groups excluding tert-OH is 2. The lowest BCUT2D eigenvalue weighted by molar-refractivity contribution is -0.143. The lowest BCUT2D eigenvalue weighted by Gasteiger charge is -2.50. The van der Waals surface area contributed by atoms with Crippen LogP contribution in [-0.2, 0) is 9.53 Å². The molecule has 1 saturated carbocycles. The van der Waals surface area contributed by atoms with Gasteiger partial charge in [0.05, 0.1) is 18.1 Å². The van der Waals surface area contributed by atoms with Crippen molar-refractivity contribution in [3.05, 3.63) is 23.3 Å². The molecule has 0 aromatic carbocycles. The predicted molar refractivity (Wildman–Crippen MR) is 69.2 cm³/mol. The van der Waals surface area contributed by atoms with Crippen LogP contribution >= 0.6 is 0 Å². The summed E-state index contributed by atoms with van der Waals surface area (Å²) in [5.41, 5.74) is 1.89. The molecule has 0 spiro atoms. The topological polar surface area (TPSA) is 66.8 Å². The van der Waals surface area contributed by atoms with Gasteiger partial charge in [0.25, 0.3) is 0 Å². The SMILES string of the molecule is C=C1C(=O)OC2CC3(C)C(=C(C)CCC3O)C(O)C12. The minimum Gasteiger partial charge on any atom is -0.458 e. The van der Waals surface area contributed by atoms with Crippen molar-refractivity contribution < 1.29 is 19.7 Å². The van der Waals surface area contributed by atoms with E-state index in [-0.39, 0.29) is 12.0 Å². The van der Waals surface area contributed by atoms with Gasteiger partial charge in [-0.3, -0.25) is 0 Å². The molecular weight excluding hydrogens is 244 g/mol. The van der Waals surface area contributed by atoms with Gasteiger partial charge in [0, 0.05) is 11.0 Å². The summed E-state index contributed by atoms with van der Waals surface area (Å²) in [5, 5.41) is 21.0. The van der Waals surface area contributed by atoms with Gasteiger partial charge in [0.15, 0.2) is 0 Å². The number of carbonyl (C=O) groups excluding carboxylic acids is 1.